The van der Waals surface area contributed by atoms with Crippen LogP contribution in [0.2, 0.25) is 0 Å². The summed E-state index contributed by atoms with van der Waals surface area (Å²) >= 11 is 0. The van der Waals surface area contributed by atoms with E-state index < -0.39 is 0 Å². The van der Waals surface area contributed by atoms with Crippen LogP contribution in [0.25, 0.3) is 11.0 Å². The van der Waals surface area contributed by atoms with Gasteiger partial charge in [0, 0.05) is 36.4 Å². The first-order valence-corrected chi connectivity index (χ1v) is 7.16. The second-order valence-corrected chi connectivity index (χ2v) is 5.61. The van der Waals surface area contributed by atoms with E-state index in [9.17, 15) is 0 Å². The van der Waals surface area contributed by atoms with Crippen molar-refractivity contribution in [1.29, 1.82) is 0 Å². The smallest absolute Gasteiger partial charge is 0.137 e. The Morgan fingerprint density at radius 3 is 3.26 bits per heavy atom. The van der Waals surface area contributed by atoms with Crippen LogP contribution in [0, 0.1) is 0 Å². The number of likely N-dealkylation sites (tertiary alicyclic amines) is 1. The summed E-state index contributed by atoms with van der Waals surface area (Å²) in [5, 5.41) is 1.23. The molecular formula is C15H22N4. The molecule has 3 rings (SSSR count). The summed E-state index contributed by atoms with van der Waals surface area (Å²) < 4.78 is 0. The van der Waals surface area contributed by atoms with E-state index in [1.165, 1.54) is 30.2 Å². The van der Waals surface area contributed by atoms with Crippen molar-refractivity contribution >= 4 is 11.0 Å². The molecule has 19 heavy (non-hydrogen) atoms. The van der Waals surface area contributed by atoms with Crippen LogP contribution in [0.15, 0.2) is 24.5 Å². The number of aromatic nitrogens is 2. The van der Waals surface area contributed by atoms with E-state index in [2.05, 4.69) is 34.1 Å². The van der Waals surface area contributed by atoms with Gasteiger partial charge in [-0.3, -0.25) is 4.90 Å². The van der Waals surface area contributed by atoms with Gasteiger partial charge in [-0.1, -0.05) is 6.42 Å². The molecule has 0 aromatic carbocycles. The Balaban J connectivity index is 1.83. The maximum atomic E-state index is 6.14. The maximum Gasteiger partial charge on any atom is 0.137 e. The minimum Gasteiger partial charge on any atom is -0.346 e. The lowest BCUT2D eigenvalue weighted by atomic mass is 9.96. The first kappa shape index (κ1) is 12.6. The third-order valence-electron chi connectivity index (χ3n) is 4.18. The van der Waals surface area contributed by atoms with E-state index in [-0.39, 0.29) is 6.04 Å². The Bertz CT molecular complexity index is 546. The summed E-state index contributed by atoms with van der Waals surface area (Å²) in [5.41, 5.74) is 8.45. The number of hydrogen-bond donors (Lipinski definition) is 2. The molecule has 2 unspecified atom stereocenters. The van der Waals surface area contributed by atoms with Crippen molar-refractivity contribution in [3.63, 3.8) is 0 Å². The Morgan fingerprint density at radius 1 is 1.53 bits per heavy atom. The number of aromatic amines is 1. The van der Waals surface area contributed by atoms with Crippen LogP contribution in [0.4, 0.5) is 0 Å². The molecule has 2 atom stereocenters. The fourth-order valence-electron chi connectivity index (χ4n) is 3.17. The van der Waals surface area contributed by atoms with Crippen LogP contribution >= 0.6 is 0 Å². The van der Waals surface area contributed by atoms with E-state index >= 15 is 0 Å². The van der Waals surface area contributed by atoms with E-state index in [0.717, 1.165) is 18.7 Å². The average Bonchev–Trinajstić information content (AvgIpc) is 2.83. The van der Waals surface area contributed by atoms with Gasteiger partial charge in [0.1, 0.15) is 5.65 Å². The predicted molar refractivity (Wildman–Crippen MR) is 77.8 cm³/mol. The van der Waals surface area contributed by atoms with Gasteiger partial charge in [-0.15, -0.1) is 0 Å². The monoisotopic (exact) mass is 258 g/mol. The molecule has 4 heteroatoms. The van der Waals surface area contributed by atoms with E-state index in [1.54, 1.807) is 0 Å². The Kier molecular flexibility index (Phi) is 3.53. The molecule has 102 valence electrons. The maximum absolute atomic E-state index is 6.14. The predicted octanol–water partition coefficient (Wildman–Crippen LogP) is 2.26. The molecule has 0 amide bonds. The number of piperidine rings is 1. The Morgan fingerprint density at radius 2 is 2.42 bits per heavy atom. The van der Waals surface area contributed by atoms with Crippen LogP contribution in [0.1, 0.15) is 31.7 Å². The minimum absolute atomic E-state index is 0.239. The summed E-state index contributed by atoms with van der Waals surface area (Å²) in [6.07, 6.45) is 7.72. The largest absolute Gasteiger partial charge is 0.346 e. The zero-order valence-corrected chi connectivity index (χ0v) is 11.5. The molecule has 3 heterocycles. The molecule has 1 fully saturated rings. The van der Waals surface area contributed by atoms with Gasteiger partial charge in [0.05, 0.1) is 0 Å². The van der Waals surface area contributed by atoms with Crippen LogP contribution in [0.3, 0.4) is 0 Å². The molecule has 3 N–H and O–H groups in total. The van der Waals surface area contributed by atoms with Crippen LogP contribution in [-0.2, 0) is 6.54 Å². The number of nitrogens with one attached hydrogen (secondary N) is 1. The van der Waals surface area contributed by atoms with Gasteiger partial charge in [0.2, 0.25) is 0 Å². The number of rotatable bonds is 3. The number of pyridine rings is 1. The number of nitrogens with zero attached hydrogens (tertiary/aromatic N) is 2. The van der Waals surface area contributed by atoms with Crippen molar-refractivity contribution in [2.75, 3.05) is 6.54 Å². The third-order valence-corrected chi connectivity index (χ3v) is 4.18. The summed E-state index contributed by atoms with van der Waals surface area (Å²) in [4.78, 5) is 10.1. The zero-order chi connectivity index (χ0) is 13.2. The van der Waals surface area contributed by atoms with Crippen molar-refractivity contribution in [2.45, 2.75) is 44.8 Å². The lowest BCUT2D eigenvalue weighted by molar-refractivity contribution is 0.123. The van der Waals surface area contributed by atoms with Gasteiger partial charge in [0.25, 0.3) is 0 Å². The Labute approximate surface area is 114 Å². The van der Waals surface area contributed by atoms with Crippen molar-refractivity contribution in [1.82, 2.24) is 14.9 Å². The molecular weight excluding hydrogens is 236 g/mol. The molecule has 0 aliphatic carbocycles. The summed E-state index contributed by atoms with van der Waals surface area (Å²) in [6.45, 7) is 4.25. The van der Waals surface area contributed by atoms with Gasteiger partial charge >= 0.3 is 0 Å². The van der Waals surface area contributed by atoms with Gasteiger partial charge in [-0.05, 0) is 44.0 Å². The van der Waals surface area contributed by atoms with Gasteiger partial charge in [0.15, 0.2) is 0 Å². The second kappa shape index (κ2) is 5.31. The van der Waals surface area contributed by atoms with Crippen LogP contribution in [-0.4, -0.2) is 33.5 Å². The minimum atomic E-state index is 0.239. The molecule has 2 aromatic rings. The highest BCUT2D eigenvalue weighted by atomic mass is 15.2. The van der Waals surface area contributed by atoms with Crippen molar-refractivity contribution < 1.29 is 0 Å². The number of H-pyrrole nitrogens is 1. The summed E-state index contributed by atoms with van der Waals surface area (Å²) in [7, 11) is 0. The van der Waals surface area contributed by atoms with Crippen molar-refractivity contribution in [3.8, 4) is 0 Å². The fourth-order valence-corrected chi connectivity index (χ4v) is 3.17. The average molecular weight is 258 g/mol. The molecule has 4 nitrogen and oxygen atoms in total. The lowest BCUT2D eigenvalue weighted by Gasteiger charge is -2.37. The van der Waals surface area contributed by atoms with Gasteiger partial charge in [-0.25, -0.2) is 4.98 Å². The van der Waals surface area contributed by atoms with E-state index in [0.29, 0.717) is 6.04 Å². The number of fused-ring (bicyclic) bond motifs is 1. The fraction of sp³-hybridized carbons (Fsp3) is 0.533. The SMILES string of the molecule is CC(N)C1CCCCN1Cc1c[nH]c2ncccc12. The Hall–Kier alpha value is -1.39. The molecule has 0 spiro atoms. The third kappa shape index (κ3) is 2.51. The highest BCUT2D eigenvalue weighted by molar-refractivity contribution is 5.79. The van der Waals surface area contributed by atoms with Gasteiger partial charge in [-0.2, -0.15) is 0 Å². The number of hydrogen-bond acceptors (Lipinski definition) is 3. The zero-order valence-electron chi connectivity index (χ0n) is 11.5. The summed E-state index contributed by atoms with van der Waals surface area (Å²) in [5.74, 6) is 0. The quantitative estimate of drug-likeness (QED) is 0.888. The molecule has 1 saturated heterocycles. The first-order valence-electron chi connectivity index (χ1n) is 7.16. The standard InChI is InChI=1S/C15H22N4/c1-11(16)14-6-2-3-8-19(14)10-12-9-18-15-13(12)5-4-7-17-15/h4-5,7,9,11,14H,2-3,6,8,10,16H2,1H3,(H,17,18). The van der Waals surface area contributed by atoms with E-state index in [4.69, 9.17) is 5.73 Å². The van der Waals surface area contributed by atoms with Crippen molar-refractivity contribution in [2.24, 2.45) is 5.73 Å². The lowest BCUT2D eigenvalue weighted by Crippen LogP contribution is -2.48. The van der Waals surface area contributed by atoms with Crippen molar-refractivity contribution in [3.05, 3.63) is 30.1 Å². The normalized spacial score (nSPS) is 22.7. The summed E-state index contributed by atoms with van der Waals surface area (Å²) in [6, 6.07) is 4.89. The topological polar surface area (TPSA) is 57.9 Å². The molecule has 0 saturated carbocycles. The first-order chi connectivity index (χ1) is 9.25. The van der Waals surface area contributed by atoms with E-state index in [1.807, 2.05) is 12.3 Å². The molecule has 0 bridgehead atoms. The number of nitrogens with two attached hydrogens (primary N) is 1. The van der Waals surface area contributed by atoms with Crippen LogP contribution < -0.4 is 5.73 Å². The second-order valence-electron chi connectivity index (χ2n) is 5.61. The molecule has 1 aliphatic heterocycles. The molecule has 2 aromatic heterocycles. The highest BCUT2D eigenvalue weighted by Gasteiger charge is 2.25. The molecule has 1 aliphatic rings. The van der Waals surface area contributed by atoms with Gasteiger partial charge < -0.3 is 10.7 Å². The van der Waals surface area contributed by atoms with Crippen LogP contribution in [0.5, 0.6) is 0 Å². The highest BCUT2D eigenvalue weighted by Crippen LogP contribution is 2.24. The molecule has 0 radical (unpaired) electrons.